The van der Waals surface area contributed by atoms with Crippen molar-refractivity contribution >= 4 is 29.7 Å². The van der Waals surface area contributed by atoms with Crippen LogP contribution in [0.5, 0.6) is 0 Å². The van der Waals surface area contributed by atoms with Gasteiger partial charge in [-0.2, -0.15) is 26.3 Å². The number of unbranched alkanes of at least 4 members (excludes halogenated alkanes) is 3. The molecule has 1 aliphatic carbocycles. The lowest BCUT2D eigenvalue weighted by atomic mass is 9.85. The molecule has 0 radical (unpaired) electrons. The molecule has 0 unspecified atom stereocenters. The van der Waals surface area contributed by atoms with Gasteiger partial charge in [-0.1, -0.05) is 6.42 Å². The van der Waals surface area contributed by atoms with Gasteiger partial charge in [-0.3, -0.25) is 9.59 Å². The normalized spacial score (nSPS) is 15.1. The van der Waals surface area contributed by atoms with Gasteiger partial charge in [-0.15, -0.1) is 0 Å². The molecule has 1 N–H and O–H groups in total. The molecule has 0 fully saturated rings. The highest BCUT2D eigenvalue weighted by Crippen LogP contribution is 2.37. The van der Waals surface area contributed by atoms with E-state index in [1.807, 2.05) is 0 Å². The van der Waals surface area contributed by atoms with Crippen LogP contribution >= 0.6 is 0 Å². The molecule has 0 atom stereocenters. The monoisotopic (exact) mass is 511 g/mol. The first kappa shape index (κ1) is 27.2. The predicted octanol–water partition coefficient (Wildman–Crippen LogP) is 7.02. The molecule has 0 aliphatic heterocycles. The van der Waals surface area contributed by atoms with E-state index in [2.05, 4.69) is 5.32 Å². The molecule has 1 aliphatic rings. The molecule has 2 aromatic carbocycles. The summed E-state index contributed by atoms with van der Waals surface area (Å²) < 4.78 is 78.8. The average molecular weight is 511 g/mol. The highest BCUT2D eigenvalue weighted by molar-refractivity contribution is 6.13. The Bertz CT molecular complexity index is 1150. The number of alkyl halides is 6. The summed E-state index contributed by atoms with van der Waals surface area (Å²) >= 11 is 0. The average Bonchev–Trinajstić information content (AvgIpc) is 2.79. The first-order valence-electron chi connectivity index (χ1n) is 11.3. The number of aryl methyl sites for hydroxylation is 1. The van der Waals surface area contributed by atoms with Crippen LogP contribution in [0.2, 0.25) is 0 Å². The summed E-state index contributed by atoms with van der Waals surface area (Å²) in [6, 6.07) is 5.86. The highest BCUT2D eigenvalue weighted by atomic mass is 19.4. The standard InChI is InChI=1S/C26H23F6NO3/c27-25(28,29)19-12-16(13-20(15-19)26(30,31)32)11-18-7-6-17-14-21(8-9-22(17)24(18)36)33-23(35)5-3-1-2-4-10-34/h8-15H,1-7H2,(H,33,35)/b18-11+. The van der Waals surface area contributed by atoms with Crippen molar-refractivity contribution in [2.75, 3.05) is 5.32 Å². The van der Waals surface area contributed by atoms with E-state index in [4.69, 9.17) is 0 Å². The number of anilines is 1. The molecule has 0 heterocycles. The Morgan fingerprint density at radius 3 is 2.17 bits per heavy atom. The smallest absolute Gasteiger partial charge is 0.326 e. The number of carbonyl (C=O) groups excluding carboxylic acids is 3. The topological polar surface area (TPSA) is 63.2 Å². The maximum atomic E-state index is 13.1. The van der Waals surface area contributed by atoms with Crippen LogP contribution in [0.25, 0.3) is 6.08 Å². The summed E-state index contributed by atoms with van der Waals surface area (Å²) in [6.07, 6.45) is -4.80. The van der Waals surface area contributed by atoms with Crippen molar-refractivity contribution in [3.63, 3.8) is 0 Å². The largest absolute Gasteiger partial charge is 0.416 e. The molecule has 0 aromatic heterocycles. The fraction of sp³-hybridized carbons (Fsp3) is 0.346. The van der Waals surface area contributed by atoms with E-state index in [-0.39, 0.29) is 41.5 Å². The van der Waals surface area contributed by atoms with Crippen LogP contribution in [0, 0.1) is 0 Å². The Labute approximate surface area is 203 Å². The van der Waals surface area contributed by atoms with Crippen LogP contribution in [-0.4, -0.2) is 18.0 Å². The molecule has 0 saturated carbocycles. The second kappa shape index (κ2) is 11.1. The lowest BCUT2D eigenvalue weighted by molar-refractivity contribution is -0.143. The number of carbonyl (C=O) groups is 3. The fourth-order valence-corrected chi connectivity index (χ4v) is 3.97. The Balaban J connectivity index is 1.77. The molecular weight excluding hydrogens is 488 g/mol. The number of ketones is 1. The molecule has 10 heteroatoms. The minimum atomic E-state index is -4.98. The molecule has 1 amide bonds. The number of amides is 1. The summed E-state index contributed by atoms with van der Waals surface area (Å²) in [7, 11) is 0. The lowest BCUT2D eigenvalue weighted by Gasteiger charge is -2.19. The summed E-state index contributed by atoms with van der Waals surface area (Å²) in [5.74, 6) is -0.705. The number of rotatable bonds is 8. The van der Waals surface area contributed by atoms with E-state index in [1.54, 1.807) is 6.07 Å². The third kappa shape index (κ3) is 7.05. The zero-order valence-electron chi connectivity index (χ0n) is 19.1. The number of benzene rings is 2. The van der Waals surface area contributed by atoms with Crippen molar-refractivity contribution in [2.45, 2.75) is 57.3 Å². The molecular formula is C26H23F6NO3. The van der Waals surface area contributed by atoms with Gasteiger partial charge in [0.15, 0.2) is 5.78 Å². The van der Waals surface area contributed by atoms with Crippen molar-refractivity contribution in [1.29, 1.82) is 0 Å². The van der Waals surface area contributed by atoms with Crippen molar-refractivity contribution in [1.82, 2.24) is 0 Å². The van der Waals surface area contributed by atoms with Crippen molar-refractivity contribution in [3.05, 3.63) is 69.8 Å². The van der Waals surface area contributed by atoms with Gasteiger partial charge < -0.3 is 10.1 Å². The van der Waals surface area contributed by atoms with E-state index in [1.165, 1.54) is 12.1 Å². The molecule has 4 nitrogen and oxygen atoms in total. The van der Waals surface area contributed by atoms with Crippen molar-refractivity contribution < 1.29 is 40.7 Å². The molecule has 0 bridgehead atoms. The van der Waals surface area contributed by atoms with Crippen LogP contribution < -0.4 is 5.32 Å². The first-order chi connectivity index (χ1) is 16.9. The van der Waals surface area contributed by atoms with Crippen LogP contribution in [0.3, 0.4) is 0 Å². The fourth-order valence-electron chi connectivity index (χ4n) is 3.97. The number of hydrogen-bond donors (Lipinski definition) is 1. The highest BCUT2D eigenvalue weighted by Gasteiger charge is 2.37. The third-order valence-corrected chi connectivity index (χ3v) is 5.77. The minimum Gasteiger partial charge on any atom is -0.326 e. The van der Waals surface area contributed by atoms with Crippen LogP contribution in [-0.2, 0) is 28.4 Å². The second-order valence-corrected chi connectivity index (χ2v) is 8.52. The number of fused-ring (bicyclic) bond motifs is 1. The number of Topliss-reactive ketones (excluding diaryl/α,β-unsaturated/α-hetero) is 1. The Morgan fingerprint density at radius 2 is 1.56 bits per heavy atom. The third-order valence-electron chi connectivity index (χ3n) is 5.77. The number of halogens is 6. The van der Waals surface area contributed by atoms with E-state index in [0.717, 1.165) is 18.8 Å². The van der Waals surface area contributed by atoms with Crippen LogP contribution in [0.1, 0.15) is 71.1 Å². The Hall–Kier alpha value is -3.43. The summed E-state index contributed by atoms with van der Waals surface area (Å²) in [5.41, 5.74) is -1.76. The molecule has 3 rings (SSSR count). The van der Waals surface area contributed by atoms with Gasteiger partial charge in [-0.25, -0.2) is 0 Å². The number of nitrogens with one attached hydrogen (secondary N) is 1. The SMILES string of the molecule is O=CCCCCCC(=O)Nc1ccc2c(c1)CC/C(=C\c1cc(C(F)(F)F)cc(C(F)(F)F)c1)C2=O. The van der Waals surface area contributed by atoms with E-state index in [0.29, 0.717) is 49.1 Å². The van der Waals surface area contributed by atoms with Gasteiger partial charge in [0.1, 0.15) is 6.29 Å². The maximum Gasteiger partial charge on any atom is 0.416 e. The van der Waals surface area contributed by atoms with Crippen molar-refractivity contribution in [2.24, 2.45) is 0 Å². The zero-order valence-corrected chi connectivity index (χ0v) is 19.1. The summed E-state index contributed by atoms with van der Waals surface area (Å²) in [4.78, 5) is 35.3. The molecule has 2 aromatic rings. The van der Waals surface area contributed by atoms with E-state index >= 15 is 0 Å². The van der Waals surface area contributed by atoms with E-state index < -0.39 is 29.3 Å². The van der Waals surface area contributed by atoms with Crippen LogP contribution in [0.15, 0.2) is 42.0 Å². The van der Waals surface area contributed by atoms with Gasteiger partial charge in [-0.05, 0) is 79.3 Å². The predicted molar refractivity (Wildman–Crippen MR) is 121 cm³/mol. The lowest BCUT2D eigenvalue weighted by Crippen LogP contribution is -2.16. The van der Waals surface area contributed by atoms with Crippen molar-refractivity contribution in [3.8, 4) is 0 Å². The van der Waals surface area contributed by atoms with Gasteiger partial charge in [0.25, 0.3) is 0 Å². The molecule has 0 saturated heterocycles. The van der Waals surface area contributed by atoms with Gasteiger partial charge in [0.05, 0.1) is 11.1 Å². The first-order valence-corrected chi connectivity index (χ1v) is 11.3. The zero-order chi connectivity index (χ0) is 26.5. The number of aldehydes is 1. The molecule has 192 valence electrons. The minimum absolute atomic E-state index is 0.0427. The van der Waals surface area contributed by atoms with Gasteiger partial charge in [0.2, 0.25) is 5.91 Å². The van der Waals surface area contributed by atoms with Crippen LogP contribution in [0.4, 0.5) is 32.0 Å². The summed E-state index contributed by atoms with van der Waals surface area (Å²) in [5, 5.41) is 2.74. The van der Waals surface area contributed by atoms with Gasteiger partial charge in [0, 0.05) is 29.7 Å². The quantitative estimate of drug-likeness (QED) is 0.179. The van der Waals surface area contributed by atoms with Gasteiger partial charge >= 0.3 is 12.4 Å². The molecule has 36 heavy (non-hydrogen) atoms. The number of hydrogen-bond acceptors (Lipinski definition) is 3. The second-order valence-electron chi connectivity index (χ2n) is 8.52. The molecule has 0 spiro atoms. The Kier molecular flexibility index (Phi) is 8.37. The Morgan fingerprint density at radius 1 is 0.889 bits per heavy atom. The maximum absolute atomic E-state index is 13.1. The van der Waals surface area contributed by atoms with E-state index in [9.17, 15) is 40.7 Å². The number of allylic oxidation sites excluding steroid dienone is 1. The summed E-state index contributed by atoms with van der Waals surface area (Å²) in [6.45, 7) is 0.